The van der Waals surface area contributed by atoms with Crippen LogP contribution in [0.3, 0.4) is 0 Å². The molecule has 0 heterocycles. The fourth-order valence-electron chi connectivity index (χ4n) is 0.929. The van der Waals surface area contributed by atoms with E-state index in [0.29, 0.717) is 11.7 Å². The second kappa shape index (κ2) is 4.10. The topological polar surface area (TPSA) is 40.9 Å². The number of rotatable bonds is 4. The van der Waals surface area contributed by atoms with E-state index in [4.69, 9.17) is 4.78 Å². The third-order valence-corrected chi connectivity index (χ3v) is 4.81. The van der Waals surface area contributed by atoms with Crippen LogP contribution >= 0.6 is 0 Å². The zero-order valence-electron chi connectivity index (χ0n) is 7.89. The van der Waals surface area contributed by atoms with Crippen molar-refractivity contribution in [2.45, 2.75) is 39.4 Å². The standard InChI is InChI=1S/C8H19NOS/c1-5-6-11(9,10)8(4)7(2)3/h7-9H,5-6H2,1-4H3/t8-,11+/m1/s1. The van der Waals surface area contributed by atoms with Crippen LogP contribution in [0, 0.1) is 10.7 Å². The quantitative estimate of drug-likeness (QED) is 0.704. The Hall–Kier alpha value is -0.0500. The van der Waals surface area contributed by atoms with E-state index in [1.807, 2.05) is 27.7 Å². The van der Waals surface area contributed by atoms with Gasteiger partial charge in [0, 0.05) is 20.7 Å². The molecule has 0 fully saturated rings. The Morgan fingerprint density at radius 2 is 1.82 bits per heavy atom. The SMILES string of the molecule is CCC[S@](=N)(=O)[C@H](C)C(C)C. The molecule has 2 nitrogen and oxygen atoms in total. The van der Waals surface area contributed by atoms with Crippen LogP contribution in [0.4, 0.5) is 0 Å². The van der Waals surface area contributed by atoms with Crippen molar-refractivity contribution in [3.8, 4) is 0 Å². The average molecular weight is 177 g/mol. The van der Waals surface area contributed by atoms with Crippen LogP contribution in [0.25, 0.3) is 0 Å². The molecule has 0 rings (SSSR count). The van der Waals surface area contributed by atoms with Gasteiger partial charge in [-0.2, -0.15) is 0 Å². The molecule has 1 N–H and O–H groups in total. The maximum Gasteiger partial charge on any atom is 0.0470 e. The van der Waals surface area contributed by atoms with Crippen molar-refractivity contribution in [3.05, 3.63) is 0 Å². The van der Waals surface area contributed by atoms with E-state index in [0.717, 1.165) is 6.42 Å². The first-order valence-electron chi connectivity index (χ1n) is 4.17. The Labute approximate surface area is 70.4 Å². The van der Waals surface area contributed by atoms with Crippen LogP contribution in [0.5, 0.6) is 0 Å². The van der Waals surface area contributed by atoms with Gasteiger partial charge < -0.3 is 0 Å². The highest BCUT2D eigenvalue weighted by Gasteiger charge is 2.18. The Morgan fingerprint density at radius 3 is 2.09 bits per heavy atom. The van der Waals surface area contributed by atoms with E-state index in [1.54, 1.807) is 0 Å². The number of hydrogen-bond donors (Lipinski definition) is 1. The fourth-order valence-corrected chi connectivity index (χ4v) is 2.79. The summed E-state index contributed by atoms with van der Waals surface area (Å²) in [5.74, 6) is 0.901. The van der Waals surface area contributed by atoms with Gasteiger partial charge in [-0.15, -0.1) is 0 Å². The molecule has 0 aliphatic heterocycles. The molecular weight excluding hydrogens is 158 g/mol. The highest BCUT2D eigenvalue weighted by molar-refractivity contribution is 7.93. The van der Waals surface area contributed by atoms with E-state index >= 15 is 0 Å². The molecule has 3 heteroatoms. The molecule has 0 aromatic rings. The van der Waals surface area contributed by atoms with Crippen molar-refractivity contribution in [2.24, 2.45) is 5.92 Å². The molecular formula is C8H19NOS. The van der Waals surface area contributed by atoms with E-state index < -0.39 is 9.73 Å². The minimum Gasteiger partial charge on any atom is -0.253 e. The molecule has 0 aromatic heterocycles. The number of nitrogens with one attached hydrogen (secondary N) is 1. The van der Waals surface area contributed by atoms with Gasteiger partial charge in [-0.05, 0) is 19.3 Å². The zero-order valence-corrected chi connectivity index (χ0v) is 8.70. The van der Waals surface area contributed by atoms with E-state index in [-0.39, 0.29) is 5.25 Å². The molecule has 0 unspecified atom stereocenters. The lowest BCUT2D eigenvalue weighted by molar-refractivity contribution is 0.596. The summed E-state index contributed by atoms with van der Waals surface area (Å²) in [6, 6.07) is 0. The molecule has 0 saturated carbocycles. The average Bonchev–Trinajstić information content (AvgIpc) is 1.86. The monoisotopic (exact) mass is 177 g/mol. The van der Waals surface area contributed by atoms with Gasteiger partial charge >= 0.3 is 0 Å². The number of hydrogen-bond acceptors (Lipinski definition) is 2. The molecule has 2 atom stereocenters. The molecule has 0 spiro atoms. The van der Waals surface area contributed by atoms with E-state index in [2.05, 4.69) is 0 Å². The van der Waals surface area contributed by atoms with Gasteiger partial charge in [0.25, 0.3) is 0 Å². The maximum atomic E-state index is 11.6. The summed E-state index contributed by atoms with van der Waals surface area (Å²) in [6.07, 6.45) is 0.847. The van der Waals surface area contributed by atoms with E-state index in [1.165, 1.54) is 0 Å². The maximum absolute atomic E-state index is 11.6. The summed E-state index contributed by atoms with van der Waals surface area (Å²) in [5, 5.41) is 0.0300. The van der Waals surface area contributed by atoms with Crippen LogP contribution in [0.15, 0.2) is 0 Å². The molecule has 0 saturated heterocycles. The van der Waals surface area contributed by atoms with Crippen LogP contribution in [-0.2, 0) is 9.73 Å². The first-order valence-corrected chi connectivity index (χ1v) is 5.96. The third-order valence-electron chi connectivity index (χ3n) is 2.05. The van der Waals surface area contributed by atoms with Crippen molar-refractivity contribution in [1.29, 1.82) is 4.78 Å². The smallest absolute Gasteiger partial charge is 0.0470 e. The Morgan fingerprint density at radius 1 is 1.36 bits per heavy atom. The lowest BCUT2D eigenvalue weighted by Crippen LogP contribution is -2.24. The van der Waals surface area contributed by atoms with Gasteiger partial charge in [0.2, 0.25) is 0 Å². The summed E-state index contributed by atoms with van der Waals surface area (Å²) in [4.78, 5) is 0. The predicted molar refractivity (Wildman–Crippen MR) is 50.3 cm³/mol. The van der Waals surface area contributed by atoms with Crippen molar-refractivity contribution >= 4 is 9.73 Å². The van der Waals surface area contributed by atoms with Gasteiger partial charge in [0.1, 0.15) is 0 Å². The summed E-state index contributed by atoms with van der Waals surface area (Å²) < 4.78 is 19.2. The second-order valence-electron chi connectivity index (χ2n) is 3.38. The van der Waals surface area contributed by atoms with E-state index in [9.17, 15) is 4.21 Å². The molecule has 0 aromatic carbocycles. The third kappa shape index (κ3) is 3.23. The van der Waals surface area contributed by atoms with Crippen LogP contribution in [-0.4, -0.2) is 15.2 Å². The minimum atomic E-state index is -2.31. The summed E-state index contributed by atoms with van der Waals surface area (Å²) >= 11 is 0. The van der Waals surface area contributed by atoms with Gasteiger partial charge in [0.15, 0.2) is 0 Å². The van der Waals surface area contributed by atoms with Crippen molar-refractivity contribution in [3.63, 3.8) is 0 Å². The van der Waals surface area contributed by atoms with Crippen molar-refractivity contribution < 1.29 is 4.21 Å². The van der Waals surface area contributed by atoms with Gasteiger partial charge in [-0.3, -0.25) is 4.78 Å². The van der Waals surface area contributed by atoms with Crippen LogP contribution in [0.1, 0.15) is 34.1 Å². The molecule has 0 bridgehead atoms. The lowest BCUT2D eigenvalue weighted by atomic mass is 10.2. The first kappa shape index (κ1) is 11.0. The largest absolute Gasteiger partial charge is 0.253 e. The molecule has 0 aliphatic rings. The van der Waals surface area contributed by atoms with Crippen molar-refractivity contribution in [2.75, 3.05) is 5.75 Å². The predicted octanol–water partition coefficient (Wildman–Crippen LogP) is 2.49. The van der Waals surface area contributed by atoms with Gasteiger partial charge in [-0.1, -0.05) is 20.8 Å². The lowest BCUT2D eigenvalue weighted by Gasteiger charge is -2.18. The zero-order chi connectivity index (χ0) is 9.07. The minimum absolute atomic E-state index is 0.0300. The first-order chi connectivity index (χ1) is 4.91. The normalized spacial score (nSPS) is 19.7. The van der Waals surface area contributed by atoms with Gasteiger partial charge in [-0.25, -0.2) is 4.21 Å². The highest BCUT2D eigenvalue weighted by Crippen LogP contribution is 2.13. The second-order valence-corrected chi connectivity index (χ2v) is 5.98. The van der Waals surface area contributed by atoms with Gasteiger partial charge in [0.05, 0.1) is 0 Å². The summed E-state index contributed by atoms with van der Waals surface area (Å²) in [5.41, 5.74) is 0. The van der Waals surface area contributed by atoms with Crippen LogP contribution < -0.4 is 0 Å². The molecule has 0 aliphatic carbocycles. The molecule has 11 heavy (non-hydrogen) atoms. The summed E-state index contributed by atoms with van der Waals surface area (Å²) in [7, 11) is -2.31. The fraction of sp³-hybridized carbons (Fsp3) is 1.00. The van der Waals surface area contributed by atoms with Crippen molar-refractivity contribution in [1.82, 2.24) is 0 Å². The Kier molecular flexibility index (Phi) is 4.08. The Bertz CT molecular complexity index is 194. The summed E-state index contributed by atoms with van der Waals surface area (Å²) in [6.45, 7) is 7.93. The highest BCUT2D eigenvalue weighted by atomic mass is 32.2. The Balaban J connectivity index is 4.31. The molecule has 0 amide bonds. The molecule has 0 radical (unpaired) electrons. The van der Waals surface area contributed by atoms with Crippen LogP contribution in [0.2, 0.25) is 0 Å². The molecule has 68 valence electrons.